The summed E-state index contributed by atoms with van der Waals surface area (Å²) in [6.07, 6.45) is 16.5. The van der Waals surface area contributed by atoms with Crippen LogP contribution in [0.5, 0.6) is 0 Å². The molecule has 2 saturated carbocycles. The molecule has 0 radical (unpaired) electrons. The van der Waals surface area contributed by atoms with Gasteiger partial charge in [0.2, 0.25) is 0 Å². The van der Waals surface area contributed by atoms with E-state index in [1.165, 1.54) is 12.7 Å². The number of benzene rings is 6. The zero-order valence-electron chi connectivity index (χ0n) is 49.4. The Bertz CT molecular complexity index is 3640. The molecule has 444 valence electrons. The number of aliphatic carboxylic acids is 1. The van der Waals surface area contributed by atoms with Gasteiger partial charge in [0, 0.05) is 38.9 Å². The summed E-state index contributed by atoms with van der Waals surface area (Å²) < 4.78 is 10.4. The van der Waals surface area contributed by atoms with Gasteiger partial charge >= 0.3 is 11.9 Å². The highest BCUT2D eigenvalue weighted by atomic mass is 35.5. The van der Waals surface area contributed by atoms with E-state index in [0.29, 0.717) is 16.5 Å². The number of fused-ring (bicyclic) bond motifs is 2. The standard InChI is InChI=1S/C35H36ClNO3S.C30H30ClNO2.C7H12O2S/c1-34(2,40)30-9-4-3-7-25(30)13-17-32(41-23-35(18-19-35)22-33(38)39)27-8-5-6-24(20-27)10-15-29-16-12-26-11-14-28(36)21-31(26)37-29;1-30(2,33)27-10-5-4-8-22(27)14-18-29(34-3)24-9-6-7-21(19-24)11-16-26-17-13-23-12-15-25(31)20-28(23)32-26;1-9-6(8)4-7(5-10)2-3-7/h3-12,14-16,20-21,32,40H,13,17-19,22-23H2,1-2H3,(H,38,39);4-13,15-17,19-20,29,33H,14,18H2,1-3H3;10H,2-5H2,1H3/b15-10+;16-11+;/t32-;29-;/m10./s1. The third-order valence-corrected chi connectivity index (χ3v) is 18.7. The molecule has 0 saturated heterocycles. The van der Waals surface area contributed by atoms with E-state index in [1.54, 1.807) is 7.11 Å². The molecule has 13 heteroatoms. The molecule has 2 atom stereocenters. The van der Waals surface area contributed by atoms with E-state index in [9.17, 15) is 24.9 Å². The Morgan fingerprint density at radius 2 is 1.09 bits per heavy atom. The van der Waals surface area contributed by atoms with E-state index in [2.05, 4.69) is 102 Å². The third-order valence-electron chi connectivity index (χ3n) is 15.9. The van der Waals surface area contributed by atoms with Gasteiger partial charge in [0.05, 0.1) is 59.7 Å². The second-order valence-electron chi connectivity index (χ2n) is 23.7. The van der Waals surface area contributed by atoms with Crippen LogP contribution in [0, 0.1) is 10.8 Å². The zero-order chi connectivity index (χ0) is 60.8. The Hall–Kier alpha value is -6.28. The van der Waals surface area contributed by atoms with Crippen molar-refractivity contribution in [3.8, 4) is 0 Å². The molecule has 2 fully saturated rings. The summed E-state index contributed by atoms with van der Waals surface area (Å²) in [5.74, 6) is 0.824. The number of aryl methyl sites for hydroxylation is 2. The normalized spacial score (nSPS) is 15.0. The number of thiol groups is 1. The van der Waals surface area contributed by atoms with Gasteiger partial charge in [0.1, 0.15) is 0 Å². The number of pyridine rings is 2. The number of carbonyl (C=O) groups is 2. The van der Waals surface area contributed by atoms with Gasteiger partial charge in [-0.3, -0.25) is 9.59 Å². The quantitative estimate of drug-likeness (QED) is 0.0362. The second-order valence-corrected chi connectivity index (χ2v) is 26.0. The molecule has 10 rings (SSSR count). The van der Waals surface area contributed by atoms with Crippen LogP contribution in [-0.4, -0.2) is 63.0 Å². The minimum Gasteiger partial charge on any atom is -0.481 e. The van der Waals surface area contributed by atoms with Crippen molar-refractivity contribution in [3.63, 3.8) is 0 Å². The molecule has 85 heavy (non-hydrogen) atoms. The van der Waals surface area contributed by atoms with Crippen molar-refractivity contribution in [1.82, 2.24) is 9.97 Å². The number of thioether (sulfide) groups is 1. The van der Waals surface area contributed by atoms with Gasteiger partial charge in [0.25, 0.3) is 0 Å². The number of aromatic nitrogens is 2. The third kappa shape index (κ3) is 19.1. The molecule has 3 N–H and O–H groups in total. The number of ether oxygens (including phenoxy) is 2. The van der Waals surface area contributed by atoms with Crippen LogP contribution >= 0.6 is 47.6 Å². The van der Waals surface area contributed by atoms with E-state index < -0.39 is 17.2 Å². The number of hydrogen-bond acceptors (Lipinski definition) is 10. The number of rotatable bonds is 23. The lowest BCUT2D eigenvalue weighted by atomic mass is 9.90. The molecule has 6 aromatic carbocycles. The molecule has 2 aromatic heterocycles. The maximum atomic E-state index is 11.5. The number of nitrogens with zero attached hydrogens (tertiary/aromatic N) is 2. The average molecular weight is 1220 g/mol. The smallest absolute Gasteiger partial charge is 0.306 e. The molecule has 0 unspecified atom stereocenters. The number of methoxy groups -OCH3 is 2. The van der Waals surface area contributed by atoms with E-state index >= 15 is 0 Å². The maximum absolute atomic E-state index is 11.5. The highest BCUT2D eigenvalue weighted by Gasteiger charge is 2.45. The number of aliphatic hydroxyl groups is 2. The number of halogens is 2. The zero-order valence-corrected chi connectivity index (χ0v) is 52.7. The Balaban J connectivity index is 0.000000192. The fourth-order valence-electron chi connectivity index (χ4n) is 10.6. The van der Waals surface area contributed by atoms with Gasteiger partial charge in [0.15, 0.2) is 0 Å². The Kier molecular flexibility index (Phi) is 22.4. The summed E-state index contributed by atoms with van der Waals surface area (Å²) in [5.41, 5.74) is 10.6. The Labute approximate surface area is 521 Å². The molecular weight excluding hydrogens is 1140 g/mol. The van der Waals surface area contributed by atoms with Gasteiger partial charge < -0.3 is 24.8 Å². The molecule has 9 nitrogen and oxygen atoms in total. The van der Waals surface area contributed by atoms with Crippen molar-refractivity contribution in [2.24, 2.45) is 10.8 Å². The van der Waals surface area contributed by atoms with Gasteiger partial charge in [-0.15, -0.1) is 0 Å². The van der Waals surface area contributed by atoms with Crippen LogP contribution in [0.15, 0.2) is 158 Å². The topological polar surface area (TPSA) is 139 Å². The van der Waals surface area contributed by atoms with Crippen LogP contribution in [0.25, 0.3) is 46.1 Å². The SMILES string of the molecule is CC(C)(O)c1ccccc1CC[C@@H](SCC1(CC(=O)O)CC1)c1cccc(/C=C/c2ccc3ccc(Cl)cc3n2)c1.COC(=O)CC1(CS)CC1.CO[C@@H](CCc1ccccc1C(C)(C)O)c1cccc(/C=C/c2ccc3ccc(Cl)cc3n2)c1. The number of carboxylic acids is 1. The summed E-state index contributed by atoms with van der Waals surface area (Å²) in [7, 11) is 3.18. The first-order valence-electron chi connectivity index (χ1n) is 29.0. The molecule has 0 spiro atoms. The average Bonchev–Trinajstić information content (AvgIpc) is 3.84. The van der Waals surface area contributed by atoms with Crippen LogP contribution in [-0.2, 0) is 43.1 Å². The van der Waals surface area contributed by atoms with Gasteiger partial charge in [-0.05, 0) is 195 Å². The lowest BCUT2D eigenvalue weighted by molar-refractivity contribution is -0.142. The highest BCUT2D eigenvalue weighted by Crippen LogP contribution is 2.53. The fraction of sp³-hybridized carbons (Fsp3) is 0.333. The highest BCUT2D eigenvalue weighted by molar-refractivity contribution is 7.99. The van der Waals surface area contributed by atoms with Crippen LogP contribution in [0.4, 0.5) is 0 Å². The van der Waals surface area contributed by atoms with Crippen molar-refractivity contribution >= 4 is 106 Å². The summed E-state index contributed by atoms with van der Waals surface area (Å²) >= 11 is 18.3. The molecule has 2 aliphatic rings. The Morgan fingerprint density at radius 1 is 0.612 bits per heavy atom. The predicted octanol–water partition coefficient (Wildman–Crippen LogP) is 17.8. The van der Waals surface area contributed by atoms with E-state index in [1.807, 2.05) is 137 Å². The monoisotopic (exact) mass is 1220 g/mol. The van der Waals surface area contributed by atoms with Crippen molar-refractivity contribution in [3.05, 3.63) is 224 Å². The fourth-order valence-corrected chi connectivity index (χ4v) is 12.9. The first-order valence-corrected chi connectivity index (χ1v) is 31.4. The maximum Gasteiger partial charge on any atom is 0.306 e. The molecular formula is C72H78Cl2N2O7S2. The van der Waals surface area contributed by atoms with Crippen LogP contribution in [0.2, 0.25) is 10.0 Å². The molecule has 8 aromatic rings. The Morgan fingerprint density at radius 3 is 1.56 bits per heavy atom. The van der Waals surface area contributed by atoms with Gasteiger partial charge in [-0.2, -0.15) is 24.4 Å². The van der Waals surface area contributed by atoms with Crippen molar-refractivity contribution < 1.29 is 34.4 Å². The van der Waals surface area contributed by atoms with E-state index in [-0.39, 0.29) is 34.6 Å². The van der Waals surface area contributed by atoms with E-state index in [4.69, 9.17) is 37.9 Å². The lowest BCUT2D eigenvalue weighted by Crippen LogP contribution is -2.18. The number of esters is 1. The van der Waals surface area contributed by atoms with Crippen molar-refractivity contribution in [2.45, 2.75) is 114 Å². The molecule has 2 heterocycles. The predicted molar refractivity (Wildman–Crippen MR) is 355 cm³/mol. The van der Waals surface area contributed by atoms with Crippen molar-refractivity contribution in [2.75, 3.05) is 25.7 Å². The minimum absolute atomic E-state index is 0.0378. The number of carboxylic acid groups (broad SMARTS) is 1. The summed E-state index contributed by atoms with van der Waals surface area (Å²) in [5, 5.41) is 34.4. The van der Waals surface area contributed by atoms with Crippen molar-refractivity contribution in [1.29, 1.82) is 0 Å². The molecule has 2 aliphatic carbocycles. The molecule has 0 amide bonds. The first-order chi connectivity index (χ1) is 40.7. The molecule has 0 bridgehead atoms. The van der Waals surface area contributed by atoms with Crippen LogP contribution < -0.4 is 0 Å². The van der Waals surface area contributed by atoms with E-state index in [0.717, 1.165) is 135 Å². The lowest BCUT2D eigenvalue weighted by Gasteiger charge is -2.24. The first kappa shape index (κ1) is 64.7. The number of hydrogen-bond donors (Lipinski definition) is 4. The number of carbonyl (C=O) groups excluding carboxylic acids is 1. The minimum atomic E-state index is -0.911. The van der Waals surface area contributed by atoms with Gasteiger partial charge in [-0.1, -0.05) is 151 Å². The largest absolute Gasteiger partial charge is 0.481 e. The second kappa shape index (κ2) is 29.4. The van der Waals surface area contributed by atoms with Crippen LogP contribution in [0.3, 0.4) is 0 Å². The summed E-state index contributed by atoms with van der Waals surface area (Å²) in [4.78, 5) is 31.7. The molecule has 0 aliphatic heterocycles. The summed E-state index contributed by atoms with van der Waals surface area (Å²) in [6, 6.07) is 52.7. The van der Waals surface area contributed by atoms with Crippen LogP contribution in [0.1, 0.15) is 146 Å². The van der Waals surface area contributed by atoms with Gasteiger partial charge in [-0.25, -0.2) is 9.97 Å². The summed E-state index contributed by atoms with van der Waals surface area (Å²) in [6.45, 7) is 7.31.